The lowest BCUT2D eigenvalue weighted by Gasteiger charge is -2.07. The fourth-order valence-electron chi connectivity index (χ4n) is 1.76. The van der Waals surface area contributed by atoms with Gasteiger partial charge in [0, 0.05) is 11.8 Å². The van der Waals surface area contributed by atoms with Crippen LogP contribution in [0.4, 0.5) is 5.69 Å². The molecule has 0 amide bonds. The van der Waals surface area contributed by atoms with Gasteiger partial charge in [0.1, 0.15) is 11.5 Å². The third-order valence-electron chi connectivity index (χ3n) is 2.81. The number of carbonyl (C=O) groups excluding carboxylic acids is 1. The molecule has 2 aromatic rings. The predicted molar refractivity (Wildman–Crippen MR) is 84.0 cm³/mol. The largest absolute Gasteiger partial charge is 0.508 e. The lowest BCUT2D eigenvalue weighted by atomic mass is 10.2. The van der Waals surface area contributed by atoms with Crippen molar-refractivity contribution in [2.75, 3.05) is 0 Å². The van der Waals surface area contributed by atoms with Crippen molar-refractivity contribution in [3.63, 3.8) is 0 Å². The Bertz CT molecular complexity index is 690. The first kappa shape index (κ1) is 15.6. The highest BCUT2D eigenvalue weighted by molar-refractivity contribution is 5.90. The SMILES string of the molecule is CC(C)OC(=O)c1ccc(N=Cc2cc(O)ccc2O)cc1. The molecule has 0 radical (unpaired) electrons. The number of nitrogens with zero attached hydrogens (tertiary/aromatic N) is 1. The van der Waals surface area contributed by atoms with Gasteiger partial charge in [0.2, 0.25) is 0 Å². The summed E-state index contributed by atoms with van der Waals surface area (Å²) in [6.45, 7) is 3.58. The number of ether oxygens (including phenoxy) is 1. The van der Waals surface area contributed by atoms with Crippen LogP contribution in [-0.4, -0.2) is 28.5 Å². The van der Waals surface area contributed by atoms with Crippen LogP contribution in [0, 0.1) is 0 Å². The first-order valence-corrected chi connectivity index (χ1v) is 6.83. The maximum Gasteiger partial charge on any atom is 0.338 e. The van der Waals surface area contributed by atoms with Gasteiger partial charge >= 0.3 is 5.97 Å². The van der Waals surface area contributed by atoms with E-state index < -0.39 is 0 Å². The molecule has 0 atom stereocenters. The summed E-state index contributed by atoms with van der Waals surface area (Å²) in [6.07, 6.45) is 1.27. The number of benzene rings is 2. The van der Waals surface area contributed by atoms with Gasteiger partial charge in [-0.1, -0.05) is 0 Å². The molecule has 2 rings (SSSR count). The Morgan fingerprint density at radius 3 is 2.45 bits per heavy atom. The van der Waals surface area contributed by atoms with E-state index in [1.807, 2.05) is 0 Å². The number of hydrogen-bond donors (Lipinski definition) is 2. The second kappa shape index (κ2) is 6.76. The fraction of sp³-hybridized carbons (Fsp3) is 0.176. The Balaban J connectivity index is 2.12. The zero-order valence-corrected chi connectivity index (χ0v) is 12.4. The summed E-state index contributed by atoms with van der Waals surface area (Å²) in [6, 6.07) is 10.8. The number of aliphatic imine (C=N–C) groups is 1. The van der Waals surface area contributed by atoms with Gasteiger partial charge in [0.25, 0.3) is 0 Å². The first-order chi connectivity index (χ1) is 10.5. The van der Waals surface area contributed by atoms with Crippen molar-refractivity contribution in [1.82, 2.24) is 0 Å². The monoisotopic (exact) mass is 299 g/mol. The number of aromatic hydroxyl groups is 2. The standard InChI is InChI=1S/C17H17NO4/c1-11(2)22-17(21)12-3-5-14(6-4-12)18-10-13-9-15(19)7-8-16(13)20/h3-11,19-20H,1-2H3. The van der Waals surface area contributed by atoms with E-state index in [2.05, 4.69) is 4.99 Å². The Morgan fingerprint density at radius 1 is 1.14 bits per heavy atom. The van der Waals surface area contributed by atoms with Crippen molar-refractivity contribution < 1.29 is 19.7 Å². The van der Waals surface area contributed by atoms with Crippen LogP contribution >= 0.6 is 0 Å². The Labute approximate surface area is 128 Å². The van der Waals surface area contributed by atoms with E-state index in [1.54, 1.807) is 38.1 Å². The third kappa shape index (κ3) is 4.09. The number of rotatable bonds is 4. The van der Waals surface area contributed by atoms with Gasteiger partial charge in [-0.15, -0.1) is 0 Å². The predicted octanol–water partition coefficient (Wildman–Crippen LogP) is 3.41. The molecule has 0 aliphatic carbocycles. The van der Waals surface area contributed by atoms with Gasteiger partial charge in [0.05, 0.1) is 17.4 Å². The van der Waals surface area contributed by atoms with Crippen molar-refractivity contribution >= 4 is 17.9 Å². The number of phenols is 2. The first-order valence-electron chi connectivity index (χ1n) is 6.83. The van der Waals surface area contributed by atoms with Gasteiger partial charge in [-0.3, -0.25) is 4.99 Å². The molecule has 22 heavy (non-hydrogen) atoms. The zero-order chi connectivity index (χ0) is 16.1. The molecule has 0 unspecified atom stereocenters. The molecule has 0 saturated carbocycles. The lowest BCUT2D eigenvalue weighted by Crippen LogP contribution is -2.11. The van der Waals surface area contributed by atoms with E-state index in [0.29, 0.717) is 16.8 Å². The molecule has 0 heterocycles. The smallest absolute Gasteiger partial charge is 0.338 e. The molecule has 0 bridgehead atoms. The Hall–Kier alpha value is -2.82. The van der Waals surface area contributed by atoms with Gasteiger partial charge in [-0.2, -0.15) is 0 Å². The van der Waals surface area contributed by atoms with Crippen molar-refractivity contribution in [2.24, 2.45) is 4.99 Å². The van der Waals surface area contributed by atoms with Gasteiger partial charge in [-0.05, 0) is 56.3 Å². The molecule has 5 heteroatoms. The number of esters is 1. The fourth-order valence-corrected chi connectivity index (χ4v) is 1.76. The Morgan fingerprint density at radius 2 is 1.82 bits per heavy atom. The molecule has 2 aromatic carbocycles. The van der Waals surface area contributed by atoms with Crippen molar-refractivity contribution in [3.05, 3.63) is 53.6 Å². The number of hydrogen-bond acceptors (Lipinski definition) is 5. The number of carbonyl (C=O) groups is 1. The van der Waals surface area contributed by atoms with E-state index in [-0.39, 0.29) is 23.6 Å². The average molecular weight is 299 g/mol. The summed E-state index contributed by atoms with van der Waals surface area (Å²) in [7, 11) is 0. The summed E-state index contributed by atoms with van der Waals surface area (Å²) in [5.41, 5.74) is 1.47. The summed E-state index contributed by atoms with van der Waals surface area (Å²) in [5, 5.41) is 19.0. The van der Waals surface area contributed by atoms with Gasteiger partial charge < -0.3 is 14.9 Å². The van der Waals surface area contributed by atoms with Crippen molar-refractivity contribution in [2.45, 2.75) is 20.0 Å². The quantitative estimate of drug-likeness (QED) is 0.515. The van der Waals surface area contributed by atoms with Gasteiger partial charge in [0.15, 0.2) is 0 Å². The van der Waals surface area contributed by atoms with Crippen LogP contribution in [0.3, 0.4) is 0 Å². The average Bonchev–Trinajstić information content (AvgIpc) is 2.48. The molecule has 0 fully saturated rings. The van der Waals surface area contributed by atoms with Crippen LogP contribution in [0.1, 0.15) is 29.8 Å². The van der Waals surface area contributed by atoms with Crippen LogP contribution in [0.15, 0.2) is 47.5 Å². The minimum Gasteiger partial charge on any atom is -0.508 e. The highest BCUT2D eigenvalue weighted by Gasteiger charge is 2.08. The minimum absolute atomic E-state index is 0.0266. The summed E-state index contributed by atoms with van der Waals surface area (Å²) < 4.78 is 5.10. The molecule has 114 valence electrons. The maximum atomic E-state index is 11.7. The summed E-state index contributed by atoms with van der Waals surface area (Å²) in [5.74, 6) is -0.305. The van der Waals surface area contributed by atoms with Crippen LogP contribution in [0.25, 0.3) is 0 Å². The molecule has 0 aliphatic heterocycles. The molecule has 0 aromatic heterocycles. The number of phenolic OH excluding ortho intramolecular Hbond substituents is 2. The normalized spacial score (nSPS) is 11.0. The van der Waals surface area contributed by atoms with E-state index in [4.69, 9.17) is 4.74 Å². The Kier molecular flexibility index (Phi) is 4.78. The molecular formula is C17H17NO4. The lowest BCUT2D eigenvalue weighted by molar-refractivity contribution is 0.0378. The molecular weight excluding hydrogens is 282 g/mol. The molecule has 0 saturated heterocycles. The van der Waals surface area contributed by atoms with Crippen LogP contribution < -0.4 is 0 Å². The van der Waals surface area contributed by atoms with E-state index >= 15 is 0 Å². The van der Waals surface area contributed by atoms with Crippen LogP contribution in [-0.2, 0) is 4.74 Å². The second-order valence-corrected chi connectivity index (χ2v) is 5.00. The zero-order valence-electron chi connectivity index (χ0n) is 12.4. The molecule has 2 N–H and O–H groups in total. The summed E-state index contributed by atoms with van der Waals surface area (Å²) >= 11 is 0. The topological polar surface area (TPSA) is 79.1 Å². The van der Waals surface area contributed by atoms with E-state index in [9.17, 15) is 15.0 Å². The summed E-state index contributed by atoms with van der Waals surface area (Å²) in [4.78, 5) is 15.9. The second-order valence-electron chi connectivity index (χ2n) is 5.00. The molecule has 0 aliphatic rings. The molecule has 0 spiro atoms. The third-order valence-corrected chi connectivity index (χ3v) is 2.81. The van der Waals surface area contributed by atoms with Gasteiger partial charge in [-0.25, -0.2) is 4.79 Å². The van der Waals surface area contributed by atoms with E-state index in [1.165, 1.54) is 24.4 Å². The maximum absolute atomic E-state index is 11.7. The van der Waals surface area contributed by atoms with Crippen LogP contribution in [0.2, 0.25) is 0 Å². The van der Waals surface area contributed by atoms with Crippen molar-refractivity contribution in [1.29, 1.82) is 0 Å². The highest BCUT2D eigenvalue weighted by atomic mass is 16.5. The minimum atomic E-state index is -0.379. The molecule has 5 nitrogen and oxygen atoms in total. The highest BCUT2D eigenvalue weighted by Crippen LogP contribution is 2.21. The van der Waals surface area contributed by atoms with E-state index in [0.717, 1.165) is 0 Å². The van der Waals surface area contributed by atoms with Crippen LogP contribution in [0.5, 0.6) is 11.5 Å². The van der Waals surface area contributed by atoms with Crippen molar-refractivity contribution in [3.8, 4) is 11.5 Å².